The molecule has 0 aromatic rings. The Labute approximate surface area is 104 Å². The maximum atomic E-state index is 11.2. The Morgan fingerprint density at radius 3 is 2.41 bits per heavy atom. The van der Waals surface area contributed by atoms with E-state index in [4.69, 9.17) is 5.73 Å². The van der Waals surface area contributed by atoms with Crippen molar-refractivity contribution in [3.05, 3.63) is 0 Å². The molecular weight excluding hydrogens is 240 g/mol. The molecule has 1 heterocycles. The molecule has 1 aliphatic rings. The highest BCUT2D eigenvalue weighted by molar-refractivity contribution is 7.91. The van der Waals surface area contributed by atoms with Crippen LogP contribution in [0.15, 0.2) is 0 Å². The van der Waals surface area contributed by atoms with Gasteiger partial charge in [0.25, 0.3) is 0 Å². The highest BCUT2D eigenvalue weighted by atomic mass is 32.2. The van der Waals surface area contributed by atoms with Crippen molar-refractivity contribution >= 4 is 9.84 Å². The molecule has 0 radical (unpaired) electrons. The zero-order valence-corrected chi connectivity index (χ0v) is 11.4. The lowest BCUT2D eigenvalue weighted by molar-refractivity contribution is 0.0564. The molecule has 6 heteroatoms. The summed E-state index contributed by atoms with van der Waals surface area (Å²) in [4.78, 5) is 2.18. The van der Waals surface area contributed by atoms with Crippen molar-refractivity contribution in [2.24, 2.45) is 5.73 Å². The van der Waals surface area contributed by atoms with Crippen LogP contribution in [0.4, 0.5) is 0 Å². The first kappa shape index (κ1) is 14.9. The molecule has 0 spiro atoms. The van der Waals surface area contributed by atoms with Crippen LogP contribution in [0, 0.1) is 0 Å². The van der Waals surface area contributed by atoms with Gasteiger partial charge in [0, 0.05) is 19.6 Å². The van der Waals surface area contributed by atoms with Gasteiger partial charge >= 0.3 is 0 Å². The van der Waals surface area contributed by atoms with Crippen molar-refractivity contribution in [2.45, 2.75) is 31.8 Å². The smallest absolute Gasteiger partial charge is 0.152 e. The first-order chi connectivity index (χ1) is 7.85. The number of aliphatic hydroxyl groups is 1. The Morgan fingerprint density at radius 2 is 1.88 bits per heavy atom. The van der Waals surface area contributed by atoms with Crippen molar-refractivity contribution in [2.75, 3.05) is 37.7 Å². The minimum Gasteiger partial charge on any atom is -0.389 e. The summed E-state index contributed by atoms with van der Waals surface area (Å²) in [6.45, 7) is 4.25. The van der Waals surface area contributed by atoms with E-state index in [1.165, 1.54) is 0 Å². The molecule has 17 heavy (non-hydrogen) atoms. The molecule has 0 aromatic carbocycles. The number of hydrogen-bond donors (Lipinski definition) is 2. The summed E-state index contributed by atoms with van der Waals surface area (Å²) in [5.41, 5.74) is 4.68. The number of nitrogens with zero attached hydrogens (tertiary/aromatic N) is 1. The lowest BCUT2D eigenvalue weighted by Crippen LogP contribution is -2.40. The highest BCUT2D eigenvalue weighted by Crippen LogP contribution is 2.13. The van der Waals surface area contributed by atoms with Crippen molar-refractivity contribution < 1.29 is 13.5 Å². The van der Waals surface area contributed by atoms with Gasteiger partial charge in [-0.25, -0.2) is 8.42 Å². The fourth-order valence-electron chi connectivity index (χ4n) is 1.92. The maximum absolute atomic E-state index is 11.2. The summed E-state index contributed by atoms with van der Waals surface area (Å²) in [5.74, 6) is 0.570. The van der Waals surface area contributed by atoms with E-state index in [1.54, 1.807) is 6.92 Å². The van der Waals surface area contributed by atoms with Gasteiger partial charge in [-0.3, -0.25) is 0 Å². The van der Waals surface area contributed by atoms with Crippen LogP contribution in [0.3, 0.4) is 0 Å². The SMILES string of the molecule is CC(O)(CN)CCCCN1CCS(=O)(=O)CC1. The molecule has 0 bridgehead atoms. The fraction of sp³-hybridized carbons (Fsp3) is 1.00. The van der Waals surface area contributed by atoms with Gasteiger partial charge in [0.2, 0.25) is 0 Å². The molecule has 3 N–H and O–H groups in total. The molecule has 0 aromatic heterocycles. The van der Waals surface area contributed by atoms with Crippen molar-refractivity contribution in [3.8, 4) is 0 Å². The van der Waals surface area contributed by atoms with Gasteiger partial charge in [0.1, 0.15) is 0 Å². The van der Waals surface area contributed by atoms with Gasteiger partial charge in [0.15, 0.2) is 9.84 Å². The van der Waals surface area contributed by atoms with Gasteiger partial charge in [0.05, 0.1) is 17.1 Å². The topological polar surface area (TPSA) is 83.6 Å². The second-order valence-electron chi connectivity index (χ2n) is 5.15. The van der Waals surface area contributed by atoms with Gasteiger partial charge in [-0.15, -0.1) is 0 Å². The molecule has 1 unspecified atom stereocenters. The average Bonchev–Trinajstić information content (AvgIpc) is 2.26. The molecular formula is C11H24N2O3S. The van der Waals surface area contributed by atoms with Gasteiger partial charge in [-0.05, 0) is 32.7 Å². The summed E-state index contributed by atoms with van der Waals surface area (Å²) in [6.07, 6.45) is 2.61. The summed E-state index contributed by atoms with van der Waals surface area (Å²) < 4.78 is 22.4. The van der Waals surface area contributed by atoms with Gasteiger partial charge < -0.3 is 15.7 Å². The molecule has 1 rings (SSSR count). The lowest BCUT2D eigenvalue weighted by Gasteiger charge is -2.27. The molecule has 1 aliphatic heterocycles. The van der Waals surface area contributed by atoms with Crippen LogP contribution in [0.1, 0.15) is 26.2 Å². The van der Waals surface area contributed by atoms with Crippen LogP contribution in [0.25, 0.3) is 0 Å². The summed E-state index contributed by atoms with van der Waals surface area (Å²) in [5, 5.41) is 9.71. The molecule has 1 atom stereocenters. The average molecular weight is 264 g/mol. The number of unbranched alkanes of at least 4 members (excludes halogenated alkanes) is 1. The van der Waals surface area contributed by atoms with E-state index in [1.807, 2.05) is 0 Å². The van der Waals surface area contributed by atoms with E-state index in [0.717, 1.165) is 19.4 Å². The highest BCUT2D eigenvalue weighted by Gasteiger charge is 2.21. The molecule has 0 saturated carbocycles. The Bertz CT molecular complexity index is 314. The molecule has 1 fully saturated rings. The minimum absolute atomic E-state index is 0.285. The van der Waals surface area contributed by atoms with E-state index in [-0.39, 0.29) is 18.1 Å². The largest absolute Gasteiger partial charge is 0.389 e. The van der Waals surface area contributed by atoms with Crippen molar-refractivity contribution in [1.82, 2.24) is 4.90 Å². The zero-order chi connectivity index (χ0) is 12.9. The van der Waals surface area contributed by atoms with E-state index >= 15 is 0 Å². The Kier molecular flexibility index (Phi) is 5.37. The standard InChI is InChI=1S/C11H24N2O3S/c1-11(14,10-12)4-2-3-5-13-6-8-17(15,16)9-7-13/h14H,2-10,12H2,1H3. The third-order valence-electron chi connectivity index (χ3n) is 3.32. The minimum atomic E-state index is -2.77. The van der Waals surface area contributed by atoms with Crippen LogP contribution in [-0.4, -0.2) is 61.7 Å². The summed E-state index contributed by atoms with van der Waals surface area (Å²) in [7, 11) is -2.77. The van der Waals surface area contributed by atoms with E-state index in [9.17, 15) is 13.5 Å². The van der Waals surface area contributed by atoms with Crippen LogP contribution in [0.5, 0.6) is 0 Å². The second-order valence-corrected chi connectivity index (χ2v) is 7.46. The van der Waals surface area contributed by atoms with Crippen LogP contribution in [0.2, 0.25) is 0 Å². The first-order valence-electron chi connectivity index (χ1n) is 6.20. The third-order valence-corrected chi connectivity index (χ3v) is 4.93. The van der Waals surface area contributed by atoms with Crippen LogP contribution >= 0.6 is 0 Å². The zero-order valence-electron chi connectivity index (χ0n) is 10.6. The predicted molar refractivity (Wildman–Crippen MR) is 68.6 cm³/mol. The Balaban J connectivity index is 2.12. The molecule has 0 aliphatic carbocycles. The van der Waals surface area contributed by atoms with Gasteiger partial charge in [-0.1, -0.05) is 0 Å². The first-order valence-corrected chi connectivity index (χ1v) is 8.02. The quantitative estimate of drug-likeness (QED) is 0.638. The number of nitrogens with two attached hydrogens (primary N) is 1. The number of rotatable bonds is 6. The number of hydrogen-bond acceptors (Lipinski definition) is 5. The fourth-order valence-corrected chi connectivity index (χ4v) is 3.19. The predicted octanol–water partition coefficient (Wildman–Crippen LogP) is -0.403. The second kappa shape index (κ2) is 6.13. The molecule has 0 amide bonds. The Hall–Kier alpha value is -0.170. The molecule has 5 nitrogen and oxygen atoms in total. The normalized spacial score (nSPS) is 24.4. The summed E-state index contributed by atoms with van der Waals surface area (Å²) >= 11 is 0. The van der Waals surface area contributed by atoms with E-state index < -0.39 is 15.4 Å². The third kappa shape index (κ3) is 5.81. The van der Waals surface area contributed by atoms with Crippen LogP contribution < -0.4 is 5.73 Å². The molecule has 1 saturated heterocycles. The molecule has 102 valence electrons. The van der Waals surface area contributed by atoms with E-state index in [0.29, 0.717) is 19.5 Å². The monoisotopic (exact) mass is 264 g/mol. The van der Waals surface area contributed by atoms with Crippen molar-refractivity contribution in [3.63, 3.8) is 0 Å². The van der Waals surface area contributed by atoms with Gasteiger partial charge in [-0.2, -0.15) is 0 Å². The van der Waals surface area contributed by atoms with Crippen LogP contribution in [-0.2, 0) is 9.84 Å². The lowest BCUT2D eigenvalue weighted by atomic mass is 9.99. The van der Waals surface area contributed by atoms with Crippen molar-refractivity contribution in [1.29, 1.82) is 0 Å². The van der Waals surface area contributed by atoms with E-state index in [2.05, 4.69) is 4.90 Å². The summed E-state index contributed by atoms with van der Waals surface area (Å²) in [6, 6.07) is 0. The number of sulfone groups is 1. The maximum Gasteiger partial charge on any atom is 0.152 e. The Morgan fingerprint density at radius 1 is 1.29 bits per heavy atom.